The molecule has 1 nitrogen and oxygen atoms in total. The summed E-state index contributed by atoms with van der Waals surface area (Å²) in [6.45, 7) is 2.12. The minimum atomic E-state index is 1.10. The first kappa shape index (κ1) is 11.2. The van der Waals surface area contributed by atoms with Crippen LogP contribution in [0.15, 0.2) is 53.7 Å². The number of rotatable bonds is 4. The molecule has 2 aromatic rings. The summed E-state index contributed by atoms with van der Waals surface area (Å²) in [5.74, 6) is 1.12. The van der Waals surface area contributed by atoms with Crippen molar-refractivity contribution in [1.29, 1.82) is 0 Å². The van der Waals surface area contributed by atoms with E-state index in [0.717, 1.165) is 12.2 Å². The van der Waals surface area contributed by atoms with Crippen molar-refractivity contribution in [3.8, 4) is 0 Å². The molecule has 0 saturated heterocycles. The summed E-state index contributed by atoms with van der Waals surface area (Å²) in [5, 5.41) is 0. The van der Waals surface area contributed by atoms with Crippen LogP contribution in [0.5, 0.6) is 0 Å². The smallest absolute Gasteiger partial charge is 0.0270 e. The third kappa shape index (κ3) is 3.38. The Balaban J connectivity index is 1.82. The zero-order chi connectivity index (χ0) is 11.2. The second-order valence-electron chi connectivity index (χ2n) is 3.77. The normalized spacial score (nSPS) is 10.3. The van der Waals surface area contributed by atoms with Crippen LogP contribution in [0.2, 0.25) is 0 Å². The Morgan fingerprint density at radius 1 is 1.00 bits per heavy atom. The summed E-state index contributed by atoms with van der Waals surface area (Å²) in [4.78, 5) is 5.36. The molecule has 0 radical (unpaired) electrons. The molecule has 0 aliphatic rings. The fraction of sp³-hybridized carbons (Fsp3) is 0.214. The Morgan fingerprint density at radius 2 is 1.69 bits per heavy atom. The van der Waals surface area contributed by atoms with Crippen molar-refractivity contribution in [3.05, 3.63) is 59.9 Å². The second-order valence-corrected chi connectivity index (χ2v) is 4.94. The number of thioether (sulfide) groups is 1. The van der Waals surface area contributed by atoms with E-state index >= 15 is 0 Å². The molecule has 0 aliphatic carbocycles. The van der Waals surface area contributed by atoms with Gasteiger partial charge in [-0.3, -0.25) is 4.98 Å². The van der Waals surface area contributed by atoms with Crippen molar-refractivity contribution < 1.29 is 0 Å². The van der Waals surface area contributed by atoms with E-state index in [1.807, 2.05) is 24.2 Å². The minimum absolute atomic E-state index is 1.10. The lowest BCUT2D eigenvalue weighted by molar-refractivity contribution is 1.13. The number of aryl methyl sites for hydroxylation is 2. The average molecular weight is 229 g/mol. The van der Waals surface area contributed by atoms with Gasteiger partial charge in [0.1, 0.15) is 0 Å². The molecule has 0 bridgehead atoms. The van der Waals surface area contributed by atoms with Crippen LogP contribution >= 0.6 is 11.8 Å². The number of hydrogen-bond donors (Lipinski definition) is 0. The summed E-state index contributed by atoms with van der Waals surface area (Å²) in [7, 11) is 0. The summed E-state index contributed by atoms with van der Waals surface area (Å²) in [6.07, 6.45) is 4.80. The first-order chi connectivity index (χ1) is 7.84. The number of pyridine rings is 1. The van der Waals surface area contributed by atoms with Gasteiger partial charge in [0.25, 0.3) is 0 Å². The van der Waals surface area contributed by atoms with E-state index in [9.17, 15) is 0 Å². The van der Waals surface area contributed by atoms with E-state index in [-0.39, 0.29) is 0 Å². The Labute approximate surface area is 101 Å². The highest BCUT2D eigenvalue weighted by molar-refractivity contribution is 7.99. The Bertz CT molecular complexity index is 422. The Hall–Kier alpha value is -1.28. The Morgan fingerprint density at radius 3 is 2.38 bits per heavy atom. The molecule has 0 spiro atoms. The van der Waals surface area contributed by atoms with Crippen molar-refractivity contribution in [2.24, 2.45) is 0 Å². The zero-order valence-electron chi connectivity index (χ0n) is 9.39. The molecule has 1 aromatic heterocycles. The van der Waals surface area contributed by atoms with E-state index in [2.05, 4.69) is 48.3 Å². The van der Waals surface area contributed by atoms with Crippen molar-refractivity contribution in [2.45, 2.75) is 18.2 Å². The van der Waals surface area contributed by atoms with Crippen LogP contribution in [-0.2, 0) is 6.42 Å². The fourth-order valence-electron chi connectivity index (χ4n) is 1.47. The predicted octanol–water partition coefficient (Wildman–Crippen LogP) is 3.72. The molecule has 0 atom stereocenters. The van der Waals surface area contributed by atoms with Gasteiger partial charge in [0, 0.05) is 23.0 Å². The van der Waals surface area contributed by atoms with E-state index < -0.39 is 0 Å². The van der Waals surface area contributed by atoms with Crippen LogP contribution in [0, 0.1) is 6.92 Å². The largest absolute Gasteiger partial charge is 0.265 e. The van der Waals surface area contributed by atoms with Crippen LogP contribution in [0.25, 0.3) is 0 Å². The monoisotopic (exact) mass is 229 g/mol. The highest BCUT2D eigenvalue weighted by Gasteiger charge is 1.95. The van der Waals surface area contributed by atoms with Gasteiger partial charge in [-0.15, -0.1) is 11.8 Å². The molecule has 2 heteroatoms. The Kier molecular flexibility index (Phi) is 4.00. The van der Waals surface area contributed by atoms with Gasteiger partial charge in [-0.1, -0.05) is 17.7 Å². The molecular weight excluding hydrogens is 214 g/mol. The van der Waals surface area contributed by atoms with Crippen LogP contribution < -0.4 is 0 Å². The molecule has 0 N–H and O–H groups in total. The molecule has 2 rings (SSSR count). The molecule has 0 saturated carbocycles. The van der Waals surface area contributed by atoms with Gasteiger partial charge < -0.3 is 0 Å². The highest BCUT2D eigenvalue weighted by atomic mass is 32.2. The van der Waals surface area contributed by atoms with Gasteiger partial charge in [0.15, 0.2) is 0 Å². The molecule has 0 amide bonds. The molecule has 0 aliphatic heterocycles. The van der Waals surface area contributed by atoms with Crippen molar-refractivity contribution in [3.63, 3.8) is 0 Å². The fourth-order valence-corrected chi connectivity index (χ4v) is 2.37. The molecule has 16 heavy (non-hydrogen) atoms. The molecule has 0 unspecified atom stereocenters. The first-order valence-electron chi connectivity index (χ1n) is 5.43. The quantitative estimate of drug-likeness (QED) is 0.741. The van der Waals surface area contributed by atoms with Crippen LogP contribution in [0.1, 0.15) is 11.1 Å². The lowest BCUT2D eigenvalue weighted by atomic mass is 10.2. The topological polar surface area (TPSA) is 12.9 Å². The van der Waals surface area contributed by atoms with Crippen molar-refractivity contribution >= 4 is 11.8 Å². The summed E-state index contributed by atoms with van der Waals surface area (Å²) in [5.41, 5.74) is 2.67. The van der Waals surface area contributed by atoms with Crippen LogP contribution in [0.3, 0.4) is 0 Å². The van der Waals surface area contributed by atoms with Crippen molar-refractivity contribution in [1.82, 2.24) is 4.98 Å². The molecule has 0 fully saturated rings. The lowest BCUT2D eigenvalue weighted by Gasteiger charge is -2.02. The summed E-state index contributed by atoms with van der Waals surface area (Å²) in [6, 6.07) is 12.9. The van der Waals surface area contributed by atoms with Gasteiger partial charge in [0.2, 0.25) is 0 Å². The number of aromatic nitrogens is 1. The highest BCUT2D eigenvalue weighted by Crippen LogP contribution is 2.19. The standard InChI is InChI=1S/C14H15NS/c1-12-2-4-14(5-3-12)16-11-8-13-6-9-15-10-7-13/h2-7,9-10H,8,11H2,1H3. The van der Waals surface area contributed by atoms with E-state index in [4.69, 9.17) is 0 Å². The molecule has 82 valence electrons. The maximum absolute atomic E-state index is 4.01. The SMILES string of the molecule is Cc1ccc(SCCc2ccncc2)cc1. The lowest BCUT2D eigenvalue weighted by Crippen LogP contribution is -1.88. The van der Waals surface area contributed by atoms with Gasteiger partial charge >= 0.3 is 0 Å². The third-order valence-corrected chi connectivity index (χ3v) is 3.44. The van der Waals surface area contributed by atoms with Gasteiger partial charge in [-0.2, -0.15) is 0 Å². The molecule has 1 heterocycles. The van der Waals surface area contributed by atoms with Crippen LogP contribution in [-0.4, -0.2) is 10.7 Å². The van der Waals surface area contributed by atoms with E-state index in [1.54, 1.807) is 0 Å². The first-order valence-corrected chi connectivity index (χ1v) is 6.41. The third-order valence-electron chi connectivity index (χ3n) is 2.43. The van der Waals surface area contributed by atoms with Crippen LogP contribution in [0.4, 0.5) is 0 Å². The number of hydrogen-bond acceptors (Lipinski definition) is 2. The van der Waals surface area contributed by atoms with Gasteiger partial charge in [-0.05, 0) is 43.2 Å². The van der Waals surface area contributed by atoms with Gasteiger partial charge in [-0.25, -0.2) is 0 Å². The zero-order valence-corrected chi connectivity index (χ0v) is 10.2. The number of nitrogens with zero attached hydrogens (tertiary/aromatic N) is 1. The maximum Gasteiger partial charge on any atom is 0.0270 e. The average Bonchev–Trinajstić information content (AvgIpc) is 2.33. The van der Waals surface area contributed by atoms with E-state index in [0.29, 0.717) is 0 Å². The predicted molar refractivity (Wildman–Crippen MR) is 69.8 cm³/mol. The summed E-state index contributed by atoms with van der Waals surface area (Å²) < 4.78 is 0. The summed E-state index contributed by atoms with van der Waals surface area (Å²) >= 11 is 1.90. The van der Waals surface area contributed by atoms with E-state index in [1.165, 1.54) is 16.0 Å². The number of benzene rings is 1. The molecule has 1 aromatic carbocycles. The maximum atomic E-state index is 4.01. The molecular formula is C14H15NS. The van der Waals surface area contributed by atoms with Gasteiger partial charge in [0.05, 0.1) is 0 Å². The van der Waals surface area contributed by atoms with Crippen molar-refractivity contribution in [2.75, 3.05) is 5.75 Å². The second kappa shape index (κ2) is 5.71. The minimum Gasteiger partial charge on any atom is -0.265 e.